The van der Waals surface area contributed by atoms with Crippen molar-refractivity contribution in [2.75, 3.05) is 13.1 Å². The fraction of sp³-hybridized carbons (Fsp3) is 0.500. The van der Waals surface area contributed by atoms with Crippen molar-refractivity contribution in [3.8, 4) is 5.75 Å². The summed E-state index contributed by atoms with van der Waals surface area (Å²) in [6.07, 6.45) is 1.84. The maximum atomic E-state index is 13.2. The van der Waals surface area contributed by atoms with Gasteiger partial charge in [0.05, 0.1) is 24.2 Å². The Bertz CT molecular complexity index is 918. The average Bonchev–Trinajstić information content (AvgIpc) is 3.25. The quantitative estimate of drug-likeness (QED) is 0.815. The molecule has 1 saturated heterocycles. The van der Waals surface area contributed by atoms with Crippen molar-refractivity contribution < 1.29 is 14.3 Å². The van der Waals surface area contributed by atoms with Crippen LogP contribution < -0.4 is 4.74 Å². The standard InChI is InChI=1S/C22H27N3O3/c1-4-25-18(12-16(23-25)11-15(2)3)21(27)24-10-9-22(14-24)13-19(26)17-7-5-6-8-20(17)28-22/h5-8,12,15H,4,9-11,13-14H2,1-3H3/t22-/m1/s1. The van der Waals surface area contributed by atoms with Crippen LogP contribution in [0.15, 0.2) is 30.3 Å². The number of hydrogen-bond donors (Lipinski definition) is 0. The first-order valence-corrected chi connectivity index (χ1v) is 10.1. The smallest absolute Gasteiger partial charge is 0.272 e. The third kappa shape index (κ3) is 3.32. The lowest BCUT2D eigenvalue weighted by atomic mass is 9.89. The second-order valence-corrected chi connectivity index (χ2v) is 8.29. The molecule has 1 atom stereocenters. The molecule has 1 fully saturated rings. The predicted octanol–water partition coefficient (Wildman–Crippen LogP) is 3.35. The van der Waals surface area contributed by atoms with Crippen molar-refractivity contribution in [2.24, 2.45) is 5.92 Å². The Morgan fingerprint density at radius 2 is 2.11 bits per heavy atom. The first-order chi connectivity index (χ1) is 13.4. The van der Waals surface area contributed by atoms with Gasteiger partial charge in [-0.15, -0.1) is 0 Å². The lowest BCUT2D eigenvalue weighted by Crippen LogP contribution is -2.45. The summed E-state index contributed by atoms with van der Waals surface area (Å²) >= 11 is 0. The van der Waals surface area contributed by atoms with Crippen molar-refractivity contribution in [1.29, 1.82) is 0 Å². The van der Waals surface area contributed by atoms with Gasteiger partial charge in [0.15, 0.2) is 5.78 Å². The van der Waals surface area contributed by atoms with Crippen LogP contribution in [0.25, 0.3) is 0 Å². The molecule has 2 aliphatic rings. The van der Waals surface area contributed by atoms with E-state index in [1.54, 1.807) is 10.7 Å². The second kappa shape index (κ2) is 7.08. The summed E-state index contributed by atoms with van der Waals surface area (Å²) in [5.74, 6) is 1.18. The highest BCUT2D eigenvalue weighted by molar-refractivity contribution is 6.00. The SMILES string of the molecule is CCn1nc(CC(C)C)cc1C(=O)N1CC[C@@]2(CC(=O)c3ccccc3O2)C1. The van der Waals surface area contributed by atoms with Crippen molar-refractivity contribution in [2.45, 2.75) is 52.2 Å². The van der Waals surface area contributed by atoms with E-state index in [2.05, 4.69) is 18.9 Å². The second-order valence-electron chi connectivity index (χ2n) is 8.29. The number of ether oxygens (including phenoxy) is 1. The van der Waals surface area contributed by atoms with Crippen molar-refractivity contribution >= 4 is 11.7 Å². The Kier molecular flexibility index (Phi) is 4.73. The Balaban J connectivity index is 1.54. The van der Waals surface area contributed by atoms with Gasteiger partial charge in [-0.2, -0.15) is 5.10 Å². The van der Waals surface area contributed by atoms with Gasteiger partial charge < -0.3 is 9.64 Å². The minimum absolute atomic E-state index is 0.0314. The minimum atomic E-state index is -0.612. The van der Waals surface area contributed by atoms with Crippen molar-refractivity contribution in [1.82, 2.24) is 14.7 Å². The number of amides is 1. The number of fused-ring (bicyclic) bond motifs is 1. The molecule has 3 heterocycles. The molecule has 0 radical (unpaired) electrons. The van der Waals surface area contributed by atoms with E-state index in [-0.39, 0.29) is 11.7 Å². The molecule has 0 unspecified atom stereocenters. The number of aryl methyl sites for hydroxylation is 1. The number of hydrogen-bond acceptors (Lipinski definition) is 4. The Morgan fingerprint density at radius 3 is 2.86 bits per heavy atom. The van der Waals surface area contributed by atoms with Gasteiger partial charge in [0.25, 0.3) is 5.91 Å². The number of nitrogens with zero attached hydrogens (tertiary/aromatic N) is 3. The number of likely N-dealkylation sites (tertiary alicyclic amines) is 1. The molecule has 6 nitrogen and oxygen atoms in total. The monoisotopic (exact) mass is 381 g/mol. The molecule has 0 aliphatic carbocycles. The van der Waals surface area contributed by atoms with Crippen LogP contribution in [0.5, 0.6) is 5.75 Å². The van der Waals surface area contributed by atoms with Gasteiger partial charge in [-0.3, -0.25) is 14.3 Å². The van der Waals surface area contributed by atoms with Gasteiger partial charge in [-0.25, -0.2) is 0 Å². The number of Topliss-reactive ketones (excluding diaryl/α,β-unsaturated/α-hetero) is 1. The van der Waals surface area contributed by atoms with Crippen LogP contribution >= 0.6 is 0 Å². The summed E-state index contributed by atoms with van der Waals surface area (Å²) in [6.45, 7) is 7.95. The molecule has 0 saturated carbocycles. The molecule has 28 heavy (non-hydrogen) atoms. The Hall–Kier alpha value is -2.63. The maximum Gasteiger partial charge on any atom is 0.272 e. The number of rotatable bonds is 4. The van der Waals surface area contributed by atoms with Gasteiger partial charge in [0.2, 0.25) is 0 Å². The zero-order chi connectivity index (χ0) is 19.9. The Labute approximate surface area is 165 Å². The highest BCUT2D eigenvalue weighted by Crippen LogP contribution is 2.39. The molecule has 1 aromatic heterocycles. The zero-order valence-electron chi connectivity index (χ0n) is 16.8. The number of aromatic nitrogens is 2. The molecular formula is C22H27N3O3. The summed E-state index contributed by atoms with van der Waals surface area (Å²) in [4.78, 5) is 27.6. The average molecular weight is 381 g/mol. The number of ketones is 1. The van der Waals surface area contributed by atoms with Crippen LogP contribution in [0.3, 0.4) is 0 Å². The molecule has 4 rings (SSSR count). The molecular weight excluding hydrogens is 354 g/mol. The van der Waals surface area contributed by atoms with E-state index >= 15 is 0 Å². The van der Waals surface area contributed by atoms with Gasteiger partial charge in [0, 0.05) is 19.5 Å². The van der Waals surface area contributed by atoms with Crippen LogP contribution in [0.1, 0.15) is 60.2 Å². The number of carbonyl (C=O) groups excluding carboxylic acids is 2. The first-order valence-electron chi connectivity index (χ1n) is 10.1. The Morgan fingerprint density at radius 1 is 1.32 bits per heavy atom. The summed E-state index contributed by atoms with van der Waals surface area (Å²) in [5, 5.41) is 4.59. The van der Waals surface area contributed by atoms with E-state index < -0.39 is 5.60 Å². The normalized spacial score (nSPS) is 21.3. The predicted molar refractivity (Wildman–Crippen MR) is 106 cm³/mol. The molecule has 148 valence electrons. The number of para-hydroxylation sites is 1. The molecule has 1 amide bonds. The first kappa shape index (κ1) is 18.7. The van der Waals surface area contributed by atoms with E-state index in [4.69, 9.17) is 4.74 Å². The topological polar surface area (TPSA) is 64.4 Å². The van der Waals surface area contributed by atoms with Gasteiger partial charge in [0.1, 0.15) is 17.0 Å². The number of benzene rings is 1. The molecule has 0 N–H and O–H groups in total. The lowest BCUT2D eigenvalue weighted by Gasteiger charge is -2.34. The third-order valence-corrected chi connectivity index (χ3v) is 5.57. The lowest BCUT2D eigenvalue weighted by molar-refractivity contribution is 0.0425. The highest BCUT2D eigenvalue weighted by atomic mass is 16.5. The molecule has 2 aromatic rings. The number of carbonyl (C=O) groups is 2. The molecule has 0 bridgehead atoms. The van der Waals surface area contributed by atoms with E-state index in [0.717, 1.165) is 12.1 Å². The van der Waals surface area contributed by atoms with Gasteiger partial charge in [-0.05, 0) is 37.5 Å². The van der Waals surface area contributed by atoms with E-state index in [1.807, 2.05) is 36.1 Å². The maximum absolute atomic E-state index is 13.2. The fourth-order valence-electron chi connectivity index (χ4n) is 4.25. The molecule has 1 spiro atoms. The minimum Gasteiger partial charge on any atom is -0.484 e. The third-order valence-electron chi connectivity index (χ3n) is 5.57. The van der Waals surface area contributed by atoms with Crippen molar-refractivity contribution in [3.63, 3.8) is 0 Å². The van der Waals surface area contributed by atoms with Gasteiger partial charge >= 0.3 is 0 Å². The van der Waals surface area contributed by atoms with Gasteiger partial charge in [-0.1, -0.05) is 26.0 Å². The van der Waals surface area contributed by atoms with E-state index in [9.17, 15) is 9.59 Å². The fourth-order valence-corrected chi connectivity index (χ4v) is 4.25. The van der Waals surface area contributed by atoms with Crippen LogP contribution in [0.4, 0.5) is 0 Å². The van der Waals surface area contributed by atoms with Crippen molar-refractivity contribution in [3.05, 3.63) is 47.3 Å². The van der Waals surface area contributed by atoms with Crippen LogP contribution in [0.2, 0.25) is 0 Å². The van der Waals surface area contributed by atoms with E-state index in [1.165, 1.54) is 0 Å². The summed E-state index contributed by atoms with van der Waals surface area (Å²) < 4.78 is 8.03. The molecule has 6 heteroatoms. The summed E-state index contributed by atoms with van der Waals surface area (Å²) in [5.41, 5.74) is 1.60. The van der Waals surface area contributed by atoms with Crippen LogP contribution in [-0.4, -0.2) is 45.1 Å². The molecule has 2 aliphatic heterocycles. The summed E-state index contributed by atoms with van der Waals surface area (Å²) in [7, 11) is 0. The van der Waals surface area contributed by atoms with Crippen LogP contribution in [-0.2, 0) is 13.0 Å². The highest BCUT2D eigenvalue weighted by Gasteiger charge is 2.47. The largest absolute Gasteiger partial charge is 0.484 e. The van der Waals surface area contributed by atoms with Crippen LogP contribution in [0, 0.1) is 5.92 Å². The molecule has 1 aromatic carbocycles. The van der Waals surface area contributed by atoms with E-state index in [0.29, 0.717) is 55.4 Å². The zero-order valence-corrected chi connectivity index (χ0v) is 16.8. The summed E-state index contributed by atoms with van der Waals surface area (Å²) in [6, 6.07) is 9.28.